The second-order valence-corrected chi connectivity index (χ2v) is 15.7. The molecule has 2 aromatic carbocycles. The normalized spacial score (nSPS) is 16.5. The Balaban J connectivity index is 1.62. The Hall–Kier alpha value is -2.15. The van der Waals surface area contributed by atoms with Crippen LogP contribution in [0.2, 0.25) is 18.1 Å². The number of aryl methyl sites for hydroxylation is 1. The summed E-state index contributed by atoms with van der Waals surface area (Å²) < 4.78 is 12.4. The minimum atomic E-state index is -2.04. The number of fused-ring (bicyclic) bond motifs is 3. The molecule has 0 aliphatic carbocycles. The first-order valence-electron chi connectivity index (χ1n) is 12.1. The molecule has 4 rings (SSSR count). The molecule has 0 saturated carbocycles. The maximum atomic E-state index is 12.8. The van der Waals surface area contributed by atoms with Crippen LogP contribution in [0.3, 0.4) is 0 Å². The zero-order valence-corrected chi connectivity index (χ0v) is 22.0. The summed E-state index contributed by atoms with van der Waals surface area (Å²) in [4.78, 5) is 17.8. The van der Waals surface area contributed by atoms with Gasteiger partial charge in [-0.15, -0.1) is 0 Å². The average molecular weight is 467 g/mol. The molecule has 0 spiro atoms. The fourth-order valence-electron chi connectivity index (χ4n) is 4.24. The Morgan fingerprint density at radius 3 is 2.45 bits per heavy atom. The van der Waals surface area contributed by atoms with Crippen LogP contribution in [0.5, 0.6) is 5.75 Å². The number of hydrogen-bond donors (Lipinski definition) is 0. The smallest absolute Gasteiger partial charge is 0.344 e. The molecular weight excluding hydrogens is 428 g/mol. The van der Waals surface area contributed by atoms with Gasteiger partial charge in [0, 0.05) is 31.6 Å². The third-order valence-electron chi connectivity index (χ3n) is 7.47. The number of likely N-dealkylation sites (N-methyl/N-ethyl adjacent to an activating group) is 1. The van der Waals surface area contributed by atoms with Crippen molar-refractivity contribution in [2.24, 2.45) is 0 Å². The average Bonchev–Trinajstić information content (AvgIpc) is 2.74. The molecule has 0 bridgehead atoms. The van der Waals surface area contributed by atoms with Crippen LogP contribution in [0.1, 0.15) is 32.8 Å². The Morgan fingerprint density at radius 2 is 1.76 bits per heavy atom. The van der Waals surface area contributed by atoms with E-state index in [4.69, 9.17) is 8.84 Å². The van der Waals surface area contributed by atoms with Gasteiger partial charge in [-0.3, -0.25) is 0 Å². The molecule has 178 valence electrons. The first kappa shape index (κ1) is 24.0. The number of rotatable bonds is 6. The molecule has 0 N–H and O–H groups in total. The second kappa shape index (κ2) is 9.24. The van der Waals surface area contributed by atoms with E-state index >= 15 is 0 Å². The van der Waals surface area contributed by atoms with Crippen molar-refractivity contribution >= 4 is 30.1 Å². The largest absolute Gasteiger partial charge is 0.543 e. The van der Waals surface area contributed by atoms with Crippen LogP contribution in [0, 0.1) is 0 Å². The summed E-state index contributed by atoms with van der Waals surface area (Å²) in [6.07, 6.45) is 2.05. The first-order valence-corrected chi connectivity index (χ1v) is 15.0. The molecular formula is C27H38N2O3Si. The SMILES string of the molecule is CN1CCN(CCCc2ccc3c(c2)c(=O)oc2cccc(O[Si](C)(C)C(C)(C)C)c23)CC1. The summed E-state index contributed by atoms with van der Waals surface area (Å²) >= 11 is 0. The fourth-order valence-corrected chi connectivity index (χ4v) is 5.27. The maximum absolute atomic E-state index is 12.8. The summed E-state index contributed by atoms with van der Waals surface area (Å²) in [6.45, 7) is 16.8. The minimum absolute atomic E-state index is 0.0809. The van der Waals surface area contributed by atoms with Crippen molar-refractivity contribution in [3.63, 3.8) is 0 Å². The van der Waals surface area contributed by atoms with Crippen molar-refractivity contribution in [3.8, 4) is 5.75 Å². The Bertz CT molecular complexity index is 1190. The highest BCUT2D eigenvalue weighted by Crippen LogP contribution is 2.40. The maximum Gasteiger partial charge on any atom is 0.344 e. The van der Waals surface area contributed by atoms with Crippen LogP contribution in [0.25, 0.3) is 21.7 Å². The Morgan fingerprint density at radius 1 is 1.03 bits per heavy atom. The van der Waals surface area contributed by atoms with Crippen molar-refractivity contribution in [2.45, 2.75) is 51.7 Å². The molecule has 0 amide bonds. The van der Waals surface area contributed by atoms with Gasteiger partial charge in [-0.05, 0) is 68.3 Å². The van der Waals surface area contributed by atoms with Gasteiger partial charge in [0.1, 0.15) is 11.3 Å². The van der Waals surface area contributed by atoms with Gasteiger partial charge in [-0.25, -0.2) is 4.79 Å². The van der Waals surface area contributed by atoms with E-state index in [1.807, 2.05) is 24.3 Å². The topological polar surface area (TPSA) is 45.9 Å². The van der Waals surface area contributed by atoms with Crippen molar-refractivity contribution in [2.75, 3.05) is 39.8 Å². The van der Waals surface area contributed by atoms with Crippen LogP contribution >= 0.6 is 0 Å². The lowest BCUT2D eigenvalue weighted by molar-refractivity contribution is 0.153. The molecule has 1 saturated heterocycles. The summed E-state index contributed by atoms with van der Waals surface area (Å²) in [5.41, 5.74) is 1.50. The van der Waals surface area contributed by atoms with Crippen LogP contribution < -0.4 is 10.1 Å². The van der Waals surface area contributed by atoms with Gasteiger partial charge in [0.15, 0.2) is 0 Å². The second-order valence-electron chi connectivity index (χ2n) is 11.0. The van der Waals surface area contributed by atoms with Gasteiger partial charge in [0.05, 0.1) is 10.8 Å². The van der Waals surface area contributed by atoms with E-state index in [0.717, 1.165) is 62.1 Å². The predicted octanol–water partition coefficient (Wildman–Crippen LogP) is 5.51. The Kier molecular flexibility index (Phi) is 6.72. The molecule has 0 radical (unpaired) electrons. The highest BCUT2D eigenvalue weighted by Gasteiger charge is 2.39. The number of nitrogens with zero attached hydrogens (tertiary/aromatic N) is 2. The zero-order chi connectivity index (χ0) is 23.8. The molecule has 1 fully saturated rings. The van der Waals surface area contributed by atoms with Crippen molar-refractivity contribution in [1.29, 1.82) is 0 Å². The van der Waals surface area contributed by atoms with Crippen molar-refractivity contribution in [1.82, 2.24) is 9.80 Å². The molecule has 6 heteroatoms. The Labute approximate surface area is 198 Å². The molecule has 3 aromatic rings. The third-order valence-corrected chi connectivity index (χ3v) is 11.8. The van der Waals surface area contributed by atoms with E-state index in [1.165, 1.54) is 5.56 Å². The van der Waals surface area contributed by atoms with E-state index in [1.54, 1.807) is 0 Å². The number of benzene rings is 2. The lowest BCUT2D eigenvalue weighted by Crippen LogP contribution is -2.44. The minimum Gasteiger partial charge on any atom is -0.543 e. The van der Waals surface area contributed by atoms with Crippen molar-refractivity contribution in [3.05, 3.63) is 52.4 Å². The third kappa shape index (κ3) is 5.18. The molecule has 0 atom stereocenters. The predicted molar refractivity (Wildman–Crippen MR) is 140 cm³/mol. The van der Waals surface area contributed by atoms with Crippen LogP contribution in [0.15, 0.2) is 45.6 Å². The zero-order valence-electron chi connectivity index (χ0n) is 21.0. The van der Waals surface area contributed by atoms with Crippen molar-refractivity contribution < 1.29 is 8.84 Å². The molecule has 2 heterocycles. The molecule has 1 aliphatic rings. The summed E-state index contributed by atoms with van der Waals surface area (Å²) in [7, 11) is 0.144. The molecule has 33 heavy (non-hydrogen) atoms. The van der Waals surface area contributed by atoms with Crippen LogP contribution in [-0.2, 0) is 6.42 Å². The van der Waals surface area contributed by atoms with Gasteiger partial charge in [0.25, 0.3) is 8.32 Å². The van der Waals surface area contributed by atoms with Gasteiger partial charge in [-0.1, -0.05) is 39.0 Å². The highest BCUT2D eigenvalue weighted by atomic mass is 28.4. The van der Waals surface area contributed by atoms with Gasteiger partial charge in [0.2, 0.25) is 0 Å². The highest BCUT2D eigenvalue weighted by molar-refractivity contribution is 6.74. The molecule has 0 unspecified atom stereocenters. The first-order chi connectivity index (χ1) is 15.5. The number of piperazine rings is 1. The molecule has 5 nitrogen and oxygen atoms in total. The molecule has 1 aliphatic heterocycles. The van der Waals surface area contributed by atoms with E-state index in [2.05, 4.69) is 62.8 Å². The summed E-state index contributed by atoms with van der Waals surface area (Å²) in [5, 5.41) is 2.54. The monoisotopic (exact) mass is 466 g/mol. The van der Waals surface area contributed by atoms with Gasteiger partial charge < -0.3 is 18.6 Å². The fraction of sp³-hybridized carbons (Fsp3) is 0.519. The standard InChI is InChI=1S/C27H38N2O3Si/c1-27(2,3)33(5,6)32-24-11-7-10-23-25(24)21-13-12-20(19-22(21)26(30)31-23)9-8-14-29-17-15-28(4)16-18-29/h7,10-13,19H,8-9,14-18H2,1-6H3. The molecule has 1 aromatic heterocycles. The van der Waals surface area contributed by atoms with E-state index < -0.39 is 8.32 Å². The lowest BCUT2D eigenvalue weighted by atomic mass is 10.0. The van der Waals surface area contributed by atoms with Gasteiger partial charge in [-0.2, -0.15) is 0 Å². The quantitative estimate of drug-likeness (QED) is 0.272. The van der Waals surface area contributed by atoms with E-state index in [0.29, 0.717) is 11.0 Å². The van der Waals surface area contributed by atoms with E-state index in [-0.39, 0.29) is 10.7 Å². The van der Waals surface area contributed by atoms with E-state index in [9.17, 15) is 4.79 Å². The van der Waals surface area contributed by atoms with Crippen LogP contribution in [-0.4, -0.2) is 57.9 Å². The summed E-state index contributed by atoms with van der Waals surface area (Å²) in [6, 6.07) is 12.0. The van der Waals surface area contributed by atoms with Crippen LogP contribution in [0.4, 0.5) is 0 Å². The summed E-state index contributed by atoms with van der Waals surface area (Å²) in [5.74, 6) is 0.815. The number of hydrogen-bond acceptors (Lipinski definition) is 5. The lowest BCUT2D eigenvalue weighted by Gasteiger charge is -2.36. The van der Waals surface area contributed by atoms with Gasteiger partial charge >= 0.3 is 5.63 Å².